The van der Waals surface area contributed by atoms with Crippen molar-refractivity contribution in [1.82, 2.24) is 10.2 Å². The number of hydrogen-bond donors (Lipinski definition) is 1. The highest BCUT2D eigenvalue weighted by Gasteiger charge is 2.33. The first-order valence-corrected chi connectivity index (χ1v) is 14.7. The van der Waals surface area contributed by atoms with Crippen LogP contribution in [0.3, 0.4) is 0 Å². The van der Waals surface area contributed by atoms with Crippen molar-refractivity contribution in [3.8, 4) is 0 Å². The van der Waals surface area contributed by atoms with Crippen LogP contribution < -0.4 is 9.62 Å². The molecule has 0 aromatic heterocycles. The van der Waals surface area contributed by atoms with Crippen LogP contribution in [0.1, 0.15) is 37.5 Å². The van der Waals surface area contributed by atoms with Gasteiger partial charge in [0.25, 0.3) is 10.0 Å². The van der Waals surface area contributed by atoms with Gasteiger partial charge >= 0.3 is 0 Å². The van der Waals surface area contributed by atoms with Crippen LogP contribution in [-0.4, -0.2) is 43.8 Å². The van der Waals surface area contributed by atoms with Gasteiger partial charge in [-0.15, -0.1) is 0 Å². The second kappa shape index (κ2) is 12.9. The van der Waals surface area contributed by atoms with E-state index in [2.05, 4.69) is 5.32 Å². The first-order valence-electron chi connectivity index (χ1n) is 12.5. The molecule has 0 saturated carbocycles. The Morgan fingerprint density at radius 3 is 2.08 bits per heavy atom. The van der Waals surface area contributed by atoms with E-state index < -0.39 is 28.5 Å². The number of halogens is 2. The van der Waals surface area contributed by atoms with Gasteiger partial charge in [0.05, 0.1) is 10.6 Å². The Kier molecular flexibility index (Phi) is 10.0. The fourth-order valence-corrected chi connectivity index (χ4v) is 6.18. The number of carbonyl (C=O) groups excluding carboxylic acids is 2. The van der Waals surface area contributed by atoms with Crippen molar-refractivity contribution in [2.45, 2.75) is 58.1 Å². The minimum Gasteiger partial charge on any atom is -0.352 e. The van der Waals surface area contributed by atoms with E-state index in [-0.39, 0.29) is 23.4 Å². The third kappa shape index (κ3) is 7.32. The number of carbonyl (C=O) groups is 2. The van der Waals surface area contributed by atoms with E-state index in [0.717, 1.165) is 9.87 Å². The first-order chi connectivity index (χ1) is 18.3. The quantitative estimate of drug-likeness (QED) is 0.326. The number of aryl methyl sites for hydroxylation is 2. The number of anilines is 1. The zero-order valence-corrected chi connectivity index (χ0v) is 24.9. The van der Waals surface area contributed by atoms with Crippen molar-refractivity contribution < 1.29 is 18.0 Å². The smallest absolute Gasteiger partial charge is 0.264 e. The van der Waals surface area contributed by atoms with Crippen LogP contribution in [0.5, 0.6) is 0 Å². The Balaban J connectivity index is 2.09. The predicted octanol–water partition coefficient (Wildman–Crippen LogP) is 5.75. The van der Waals surface area contributed by atoms with E-state index in [4.69, 9.17) is 23.2 Å². The van der Waals surface area contributed by atoms with Crippen LogP contribution in [0.15, 0.2) is 71.6 Å². The maximum atomic E-state index is 14.0. The van der Waals surface area contributed by atoms with Crippen molar-refractivity contribution in [3.63, 3.8) is 0 Å². The lowest BCUT2D eigenvalue weighted by molar-refractivity contribution is -0.139. The summed E-state index contributed by atoms with van der Waals surface area (Å²) in [5.41, 5.74) is 2.47. The molecule has 0 heterocycles. The Morgan fingerprint density at radius 1 is 0.897 bits per heavy atom. The molecule has 7 nitrogen and oxygen atoms in total. The van der Waals surface area contributed by atoms with E-state index in [0.29, 0.717) is 26.9 Å². The summed E-state index contributed by atoms with van der Waals surface area (Å²) in [6.07, 6.45) is 0. The zero-order valence-electron chi connectivity index (χ0n) is 22.6. The molecule has 0 bridgehead atoms. The van der Waals surface area contributed by atoms with Gasteiger partial charge in [0, 0.05) is 28.2 Å². The molecule has 0 fully saturated rings. The largest absolute Gasteiger partial charge is 0.352 e. The molecule has 3 aromatic carbocycles. The van der Waals surface area contributed by atoms with Gasteiger partial charge in [-0.3, -0.25) is 13.9 Å². The molecular weight excluding hydrogens is 557 g/mol. The fourth-order valence-electron chi connectivity index (χ4n) is 4.16. The molecule has 3 rings (SSSR count). The third-order valence-electron chi connectivity index (χ3n) is 6.22. The first kappa shape index (κ1) is 30.5. The van der Waals surface area contributed by atoms with Crippen molar-refractivity contribution in [2.24, 2.45) is 0 Å². The van der Waals surface area contributed by atoms with Gasteiger partial charge in [-0.1, -0.05) is 65.2 Å². The third-order valence-corrected chi connectivity index (χ3v) is 8.70. The molecule has 208 valence electrons. The molecule has 1 N–H and O–H groups in total. The molecule has 39 heavy (non-hydrogen) atoms. The summed E-state index contributed by atoms with van der Waals surface area (Å²) in [5, 5.41) is 3.49. The number of benzene rings is 3. The summed E-state index contributed by atoms with van der Waals surface area (Å²) < 4.78 is 28.8. The fraction of sp³-hybridized carbons (Fsp3) is 0.310. The number of nitrogens with zero attached hydrogens (tertiary/aromatic N) is 2. The summed E-state index contributed by atoms with van der Waals surface area (Å²) in [6, 6.07) is 17.1. The second-order valence-corrected chi connectivity index (χ2v) is 12.4. The highest BCUT2D eigenvalue weighted by atomic mass is 35.5. The molecule has 2 amide bonds. The molecule has 0 aliphatic heterocycles. The van der Waals surface area contributed by atoms with Crippen LogP contribution in [0.2, 0.25) is 10.0 Å². The summed E-state index contributed by atoms with van der Waals surface area (Å²) in [5.74, 6) is -0.970. The summed E-state index contributed by atoms with van der Waals surface area (Å²) in [7, 11) is -4.14. The maximum absolute atomic E-state index is 14.0. The monoisotopic (exact) mass is 589 g/mol. The number of sulfonamides is 1. The topological polar surface area (TPSA) is 86.8 Å². The summed E-state index contributed by atoms with van der Waals surface area (Å²) in [4.78, 5) is 28.4. The van der Waals surface area contributed by atoms with Crippen LogP contribution >= 0.6 is 23.2 Å². The predicted molar refractivity (Wildman–Crippen MR) is 157 cm³/mol. The SMILES string of the molecule is Cc1ccc(N(CC(=O)N(Cc2c(Cl)cccc2Cl)[C@H](C)C(=O)NC(C)C)S(=O)(=O)c2ccccc2)c(C)c1. The van der Waals surface area contributed by atoms with Crippen LogP contribution in [0, 0.1) is 13.8 Å². The highest BCUT2D eigenvalue weighted by molar-refractivity contribution is 7.92. The standard InChI is InChI=1S/C29H33Cl2N3O4S/c1-19(2)32-29(36)22(5)33(17-24-25(30)12-9-13-26(24)31)28(35)18-34(27-15-14-20(3)16-21(27)4)39(37,38)23-10-7-6-8-11-23/h6-16,19,22H,17-18H2,1-5H3,(H,32,36)/t22-/m1/s1. The van der Waals surface area contributed by atoms with Gasteiger partial charge in [0.2, 0.25) is 11.8 Å². The van der Waals surface area contributed by atoms with E-state index >= 15 is 0 Å². The van der Waals surface area contributed by atoms with E-state index in [1.807, 2.05) is 26.8 Å². The molecule has 0 spiro atoms. The molecule has 0 saturated heterocycles. The lowest BCUT2D eigenvalue weighted by atomic mass is 10.1. The minimum absolute atomic E-state index is 0.0454. The van der Waals surface area contributed by atoms with Gasteiger partial charge in [-0.05, 0) is 70.5 Å². The number of amides is 2. The lowest BCUT2D eigenvalue weighted by Gasteiger charge is -2.33. The number of hydrogen-bond acceptors (Lipinski definition) is 4. The van der Waals surface area contributed by atoms with Gasteiger partial charge in [0.15, 0.2) is 0 Å². The van der Waals surface area contributed by atoms with Crippen LogP contribution in [0.25, 0.3) is 0 Å². The average Bonchev–Trinajstić information content (AvgIpc) is 2.87. The minimum atomic E-state index is -4.14. The molecular formula is C29H33Cl2N3O4S. The molecule has 0 aliphatic rings. The van der Waals surface area contributed by atoms with Gasteiger partial charge in [-0.2, -0.15) is 0 Å². The molecule has 0 radical (unpaired) electrons. The molecule has 1 atom stereocenters. The molecule has 10 heteroatoms. The Labute approximate surface area is 240 Å². The van der Waals surface area contributed by atoms with Crippen molar-refractivity contribution in [2.75, 3.05) is 10.8 Å². The normalized spacial score (nSPS) is 12.2. The van der Waals surface area contributed by atoms with Crippen molar-refractivity contribution >= 4 is 50.7 Å². The zero-order chi connectivity index (χ0) is 28.9. The van der Waals surface area contributed by atoms with Gasteiger partial charge in [-0.25, -0.2) is 8.42 Å². The van der Waals surface area contributed by atoms with Crippen molar-refractivity contribution in [3.05, 3.63) is 93.5 Å². The number of rotatable bonds is 10. The van der Waals surface area contributed by atoms with Crippen LogP contribution in [0.4, 0.5) is 5.69 Å². The van der Waals surface area contributed by atoms with E-state index in [1.165, 1.54) is 17.0 Å². The van der Waals surface area contributed by atoms with Gasteiger partial charge in [0.1, 0.15) is 12.6 Å². The van der Waals surface area contributed by atoms with Gasteiger partial charge < -0.3 is 10.2 Å². The second-order valence-electron chi connectivity index (χ2n) is 9.68. The average molecular weight is 591 g/mol. The number of nitrogens with one attached hydrogen (secondary N) is 1. The molecule has 0 unspecified atom stereocenters. The van der Waals surface area contributed by atoms with E-state index in [1.54, 1.807) is 62.4 Å². The summed E-state index contributed by atoms with van der Waals surface area (Å²) >= 11 is 12.8. The Hall–Kier alpha value is -3.07. The van der Waals surface area contributed by atoms with E-state index in [9.17, 15) is 18.0 Å². The molecule has 0 aliphatic carbocycles. The molecule has 3 aromatic rings. The highest BCUT2D eigenvalue weighted by Crippen LogP contribution is 2.30. The van der Waals surface area contributed by atoms with Crippen LogP contribution in [-0.2, 0) is 26.2 Å². The lowest BCUT2D eigenvalue weighted by Crippen LogP contribution is -2.52. The maximum Gasteiger partial charge on any atom is 0.264 e. The Bertz CT molecular complexity index is 1430. The van der Waals surface area contributed by atoms with Crippen molar-refractivity contribution in [1.29, 1.82) is 0 Å². The summed E-state index contributed by atoms with van der Waals surface area (Å²) in [6.45, 7) is 8.29. The Morgan fingerprint density at radius 2 is 1.51 bits per heavy atom.